The van der Waals surface area contributed by atoms with Gasteiger partial charge >= 0.3 is 18.1 Å². The summed E-state index contributed by atoms with van der Waals surface area (Å²) in [5.74, 6) is -4.57. The Morgan fingerprint density at radius 3 is 2.50 bits per heavy atom. The van der Waals surface area contributed by atoms with Crippen molar-refractivity contribution in [2.24, 2.45) is 5.92 Å². The van der Waals surface area contributed by atoms with Crippen LogP contribution in [0.5, 0.6) is 0 Å². The number of aryl methyl sites for hydroxylation is 1. The van der Waals surface area contributed by atoms with E-state index in [1.54, 1.807) is 12.1 Å². The molecule has 2 atom stereocenters. The number of aliphatic carboxylic acids is 1. The topological polar surface area (TPSA) is 57.6 Å². The van der Waals surface area contributed by atoms with Crippen LogP contribution in [-0.2, 0) is 9.59 Å². The molecule has 7 heteroatoms. The summed E-state index contributed by atoms with van der Waals surface area (Å²) >= 11 is 0. The van der Waals surface area contributed by atoms with Crippen molar-refractivity contribution in [1.29, 1.82) is 0 Å². The second-order valence-corrected chi connectivity index (χ2v) is 5.59. The zero-order chi connectivity index (χ0) is 16.5. The normalized spacial score (nSPS) is 22.5. The minimum absolute atomic E-state index is 0.119. The first-order valence-corrected chi connectivity index (χ1v) is 6.84. The average molecular weight is 315 g/mol. The number of carbonyl (C=O) groups is 2. The Bertz CT molecular complexity index is 586. The number of halogens is 3. The molecule has 0 saturated carbocycles. The quantitative estimate of drug-likeness (QED) is 0.912. The summed E-state index contributed by atoms with van der Waals surface area (Å²) in [6.07, 6.45) is -4.77. The van der Waals surface area contributed by atoms with E-state index in [9.17, 15) is 22.8 Å². The highest BCUT2D eigenvalue weighted by molar-refractivity contribution is 5.83. The average Bonchev–Trinajstić information content (AvgIpc) is 2.45. The second kappa shape index (κ2) is 5.98. The first-order valence-electron chi connectivity index (χ1n) is 6.84. The van der Waals surface area contributed by atoms with E-state index in [2.05, 4.69) is 0 Å². The SMILES string of the molecule is Cc1cccc(C2CC(C(=O)O)CN(C(=O)C(F)(F)F)C2)c1. The Morgan fingerprint density at radius 2 is 1.95 bits per heavy atom. The van der Waals surface area contributed by atoms with Gasteiger partial charge in [-0.3, -0.25) is 9.59 Å². The molecule has 1 N–H and O–H groups in total. The number of likely N-dealkylation sites (tertiary alicyclic amines) is 1. The fraction of sp³-hybridized carbons (Fsp3) is 0.467. The number of hydrogen-bond donors (Lipinski definition) is 1. The first kappa shape index (κ1) is 16.3. The standard InChI is InChI=1S/C15H16F3NO3/c1-9-3-2-4-10(5-9)11-6-12(13(20)21)8-19(7-11)14(22)15(16,17)18/h2-5,11-12H,6-8H2,1H3,(H,20,21). The molecule has 1 aromatic rings. The summed E-state index contributed by atoms with van der Waals surface area (Å²) in [5, 5.41) is 9.14. The molecule has 0 aromatic heterocycles. The molecular weight excluding hydrogens is 299 g/mol. The van der Waals surface area contributed by atoms with E-state index in [0.29, 0.717) is 4.90 Å². The number of rotatable bonds is 2. The Balaban J connectivity index is 2.27. The van der Waals surface area contributed by atoms with Gasteiger partial charge < -0.3 is 10.0 Å². The highest BCUT2D eigenvalue weighted by Gasteiger charge is 2.46. The van der Waals surface area contributed by atoms with E-state index >= 15 is 0 Å². The fourth-order valence-corrected chi connectivity index (χ4v) is 2.79. The highest BCUT2D eigenvalue weighted by Crippen LogP contribution is 2.33. The molecule has 1 amide bonds. The lowest BCUT2D eigenvalue weighted by Crippen LogP contribution is -2.50. The summed E-state index contributed by atoms with van der Waals surface area (Å²) in [5.41, 5.74) is 1.69. The third-order valence-corrected chi connectivity index (χ3v) is 3.84. The third kappa shape index (κ3) is 3.58. The molecule has 22 heavy (non-hydrogen) atoms. The van der Waals surface area contributed by atoms with Crippen LogP contribution in [0.4, 0.5) is 13.2 Å². The maximum Gasteiger partial charge on any atom is 0.471 e. The molecule has 2 unspecified atom stereocenters. The van der Waals surface area contributed by atoms with Gasteiger partial charge in [-0.05, 0) is 18.9 Å². The number of benzene rings is 1. The van der Waals surface area contributed by atoms with Crippen LogP contribution in [0.1, 0.15) is 23.5 Å². The van der Waals surface area contributed by atoms with Crippen LogP contribution in [0, 0.1) is 12.8 Å². The smallest absolute Gasteiger partial charge is 0.471 e. The maximum absolute atomic E-state index is 12.6. The van der Waals surface area contributed by atoms with Gasteiger partial charge in [-0.1, -0.05) is 29.8 Å². The van der Waals surface area contributed by atoms with Crippen molar-refractivity contribution in [3.8, 4) is 0 Å². The summed E-state index contributed by atoms with van der Waals surface area (Å²) in [7, 11) is 0. The zero-order valence-corrected chi connectivity index (χ0v) is 11.9. The first-order chi connectivity index (χ1) is 10.2. The minimum atomic E-state index is -4.99. The van der Waals surface area contributed by atoms with Gasteiger partial charge in [0.15, 0.2) is 0 Å². The summed E-state index contributed by atoms with van der Waals surface area (Å²) in [6, 6.07) is 7.17. The number of hydrogen-bond acceptors (Lipinski definition) is 2. The Labute approximate surface area is 125 Å². The number of piperidine rings is 1. The molecular formula is C15H16F3NO3. The van der Waals surface area contributed by atoms with Crippen LogP contribution in [0.15, 0.2) is 24.3 Å². The maximum atomic E-state index is 12.6. The molecule has 0 aliphatic carbocycles. The number of carboxylic acids is 1. The largest absolute Gasteiger partial charge is 0.481 e. The van der Waals surface area contributed by atoms with Crippen molar-refractivity contribution in [2.75, 3.05) is 13.1 Å². The van der Waals surface area contributed by atoms with E-state index in [4.69, 9.17) is 5.11 Å². The Morgan fingerprint density at radius 1 is 1.27 bits per heavy atom. The lowest BCUT2D eigenvalue weighted by Gasteiger charge is -2.36. The molecule has 2 rings (SSSR count). The van der Waals surface area contributed by atoms with Crippen LogP contribution in [0.25, 0.3) is 0 Å². The molecule has 1 aliphatic heterocycles. The molecule has 1 aliphatic rings. The summed E-state index contributed by atoms with van der Waals surface area (Å²) in [6.45, 7) is 1.32. The van der Waals surface area contributed by atoms with Crippen LogP contribution >= 0.6 is 0 Å². The minimum Gasteiger partial charge on any atom is -0.481 e. The number of amides is 1. The molecule has 0 bridgehead atoms. The zero-order valence-electron chi connectivity index (χ0n) is 11.9. The van der Waals surface area contributed by atoms with Gasteiger partial charge in [0.1, 0.15) is 0 Å². The fourth-order valence-electron chi connectivity index (χ4n) is 2.79. The summed E-state index contributed by atoms with van der Waals surface area (Å²) in [4.78, 5) is 23.2. The van der Waals surface area contributed by atoms with Crippen LogP contribution in [0.2, 0.25) is 0 Å². The second-order valence-electron chi connectivity index (χ2n) is 5.59. The van der Waals surface area contributed by atoms with Gasteiger partial charge in [0, 0.05) is 19.0 Å². The molecule has 4 nitrogen and oxygen atoms in total. The third-order valence-electron chi connectivity index (χ3n) is 3.84. The predicted molar refractivity (Wildman–Crippen MR) is 72.3 cm³/mol. The number of carboxylic acid groups (broad SMARTS) is 1. The lowest BCUT2D eigenvalue weighted by atomic mass is 9.84. The van der Waals surface area contributed by atoms with Gasteiger partial charge in [0.05, 0.1) is 5.92 Å². The van der Waals surface area contributed by atoms with Gasteiger partial charge in [-0.2, -0.15) is 13.2 Å². The molecule has 1 aromatic carbocycles. The van der Waals surface area contributed by atoms with Gasteiger partial charge in [0.2, 0.25) is 0 Å². The monoisotopic (exact) mass is 315 g/mol. The predicted octanol–water partition coefficient (Wildman–Crippen LogP) is 2.57. The van der Waals surface area contributed by atoms with Crippen molar-refractivity contribution in [2.45, 2.75) is 25.4 Å². The highest BCUT2D eigenvalue weighted by atomic mass is 19.4. The molecule has 0 radical (unpaired) electrons. The van der Waals surface area contributed by atoms with Crippen molar-refractivity contribution in [3.63, 3.8) is 0 Å². The van der Waals surface area contributed by atoms with E-state index < -0.39 is 36.4 Å². The Hall–Kier alpha value is -2.05. The van der Waals surface area contributed by atoms with Crippen molar-refractivity contribution >= 4 is 11.9 Å². The number of nitrogens with zero attached hydrogens (tertiary/aromatic N) is 1. The van der Waals surface area contributed by atoms with Crippen LogP contribution in [0.3, 0.4) is 0 Å². The lowest BCUT2D eigenvalue weighted by molar-refractivity contribution is -0.188. The van der Waals surface area contributed by atoms with Gasteiger partial charge in [-0.15, -0.1) is 0 Å². The van der Waals surface area contributed by atoms with Crippen LogP contribution < -0.4 is 0 Å². The Kier molecular flexibility index (Phi) is 4.44. The molecule has 1 fully saturated rings. The number of alkyl halides is 3. The van der Waals surface area contributed by atoms with E-state index in [-0.39, 0.29) is 13.0 Å². The van der Waals surface area contributed by atoms with Crippen molar-refractivity contribution in [1.82, 2.24) is 4.90 Å². The van der Waals surface area contributed by atoms with E-state index in [1.807, 2.05) is 19.1 Å². The molecule has 1 saturated heterocycles. The van der Waals surface area contributed by atoms with Gasteiger partial charge in [0.25, 0.3) is 0 Å². The van der Waals surface area contributed by atoms with Gasteiger partial charge in [-0.25, -0.2) is 0 Å². The van der Waals surface area contributed by atoms with Crippen LogP contribution in [-0.4, -0.2) is 41.1 Å². The van der Waals surface area contributed by atoms with Crippen molar-refractivity contribution in [3.05, 3.63) is 35.4 Å². The van der Waals surface area contributed by atoms with E-state index in [0.717, 1.165) is 11.1 Å². The molecule has 1 heterocycles. The van der Waals surface area contributed by atoms with Crippen molar-refractivity contribution < 1.29 is 27.9 Å². The number of carbonyl (C=O) groups excluding carboxylic acids is 1. The molecule has 120 valence electrons. The van der Waals surface area contributed by atoms with E-state index in [1.165, 1.54) is 0 Å². The summed E-state index contributed by atoms with van der Waals surface area (Å²) < 4.78 is 37.9. The molecule has 0 spiro atoms.